The molecule has 0 aliphatic rings. The molecule has 20 heavy (non-hydrogen) atoms. The minimum Gasteiger partial charge on any atom is -0.333 e. The van der Waals surface area contributed by atoms with Crippen LogP contribution in [0.2, 0.25) is 0 Å². The zero-order chi connectivity index (χ0) is 15.7. The van der Waals surface area contributed by atoms with Crippen molar-refractivity contribution in [3.05, 3.63) is 29.6 Å². The van der Waals surface area contributed by atoms with Crippen molar-refractivity contribution in [2.45, 2.75) is 11.1 Å². The highest BCUT2D eigenvalue weighted by Crippen LogP contribution is 2.19. The number of rotatable bonds is 3. The van der Waals surface area contributed by atoms with E-state index in [-0.39, 0.29) is 0 Å². The van der Waals surface area contributed by atoms with E-state index in [0.717, 1.165) is 13.1 Å². The molecule has 2 N–H and O–H groups in total. The van der Waals surface area contributed by atoms with Crippen molar-refractivity contribution in [3.63, 3.8) is 0 Å². The van der Waals surface area contributed by atoms with E-state index in [1.807, 2.05) is 0 Å². The summed E-state index contributed by atoms with van der Waals surface area (Å²) in [5, 5.41) is 4.73. The Kier molecular flexibility index (Phi) is 4.39. The first-order valence-corrected chi connectivity index (χ1v) is 6.61. The van der Waals surface area contributed by atoms with Crippen molar-refractivity contribution in [3.8, 4) is 0 Å². The molecule has 0 aliphatic heterocycles. The van der Waals surface area contributed by atoms with Gasteiger partial charge in [0.05, 0.1) is 0 Å². The number of primary sulfonamides is 1. The largest absolute Gasteiger partial charge is 0.406 e. The van der Waals surface area contributed by atoms with Gasteiger partial charge in [0, 0.05) is 12.6 Å². The molecule has 112 valence electrons. The third-order valence-corrected chi connectivity index (χ3v) is 3.17. The maximum Gasteiger partial charge on any atom is 0.406 e. The summed E-state index contributed by atoms with van der Waals surface area (Å²) in [5.74, 6) is -2.30. The number of benzene rings is 1. The minimum atomic E-state index is -4.60. The standard InChI is InChI=1S/C10H10F4N2O3S/c1-16(5-10(12,13)14)9(17)6-2-3-7(11)8(4-6)20(15,18)19/h2-4H,5H2,1H3,(H2,15,18,19). The Morgan fingerprint density at radius 1 is 1.35 bits per heavy atom. The quantitative estimate of drug-likeness (QED) is 0.849. The van der Waals surface area contributed by atoms with Gasteiger partial charge in [-0.15, -0.1) is 0 Å². The molecule has 1 aromatic carbocycles. The Labute approximate surface area is 112 Å². The van der Waals surface area contributed by atoms with Crippen LogP contribution in [-0.2, 0) is 10.0 Å². The maximum absolute atomic E-state index is 13.2. The predicted molar refractivity (Wildman–Crippen MR) is 60.8 cm³/mol. The maximum atomic E-state index is 13.2. The van der Waals surface area contributed by atoms with Gasteiger partial charge in [0.15, 0.2) is 0 Å². The van der Waals surface area contributed by atoms with Crippen molar-refractivity contribution in [1.29, 1.82) is 0 Å². The van der Waals surface area contributed by atoms with Crippen molar-refractivity contribution in [2.75, 3.05) is 13.6 Å². The summed E-state index contributed by atoms with van der Waals surface area (Å²) in [4.78, 5) is 11.1. The Morgan fingerprint density at radius 3 is 2.35 bits per heavy atom. The fraction of sp³-hybridized carbons (Fsp3) is 0.300. The smallest absolute Gasteiger partial charge is 0.333 e. The van der Waals surface area contributed by atoms with Crippen molar-refractivity contribution >= 4 is 15.9 Å². The Balaban J connectivity index is 3.13. The van der Waals surface area contributed by atoms with Crippen molar-refractivity contribution < 1.29 is 30.8 Å². The molecular weight excluding hydrogens is 304 g/mol. The third kappa shape index (κ3) is 4.17. The molecule has 0 spiro atoms. The van der Waals surface area contributed by atoms with Gasteiger partial charge in [-0.1, -0.05) is 0 Å². The molecule has 0 aliphatic carbocycles. The number of sulfonamides is 1. The zero-order valence-electron chi connectivity index (χ0n) is 10.1. The number of carbonyl (C=O) groups is 1. The summed E-state index contributed by atoms with van der Waals surface area (Å²) in [7, 11) is -3.53. The van der Waals surface area contributed by atoms with Crippen LogP contribution < -0.4 is 5.14 Å². The molecular formula is C10H10F4N2O3S. The van der Waals surface area contributed by atoms with E-state index in [2.05, 4.69) is 0 Å². The summed E-state index contributed by atoms with van der Waals surface area (Å²) in [6.07, 6.45) is -4.60. The highest BCUT2D eigenvalue weighted by molar-refractivity contribution is 7.89. The van der Waals surface area contributed by atoms with Gasteiger partial charge in [0.1, 0.15) is 17.3 Å². The molecule has 0 heterocycles. The topological polar surface area (TPSA) is 80.5 Å². The van der Waals surface area contributed by atoms with Crippen LogP contribution >= 0.6 is 0 Å². The average Bonchev–Trinajstić information content (AvgIpc) is 2.24. The molecule has 0 fully saturated rings. The molecule has 1 amide bonds. The van der Waals surface area contributed by atoms with Gasteiger partial charge in [-0.3, -0.25) is 4.79 Å². The van der Waals surface area contributed by atoms with Crippen LogP contribution in [0.15, 0.2) is 23.1 Å². The normalized spacial score (nSPS) is 12.3. The molecule has 0 bridgehead atoms. The van der Waals surface area contributed by atoms with Gasteiger partial charge in [-0.05, 0) is 18.2 Å². The van der Waals surface area contributed by atoms with E-state index in [9.17, 15) is 30.8 Å². The van der Waals surface area contributed by atoms with Crippen molar-refractivity contribution in [1.82, 2.24) is 4.90 Å². The Bertz CT molecular complexity index is 628. The number of alkyl halides is 3. The van der Waals surface area contributed by atoms with Gasteiger partial charge in [-0.2, -0.15) is 13.2 Å². The molecule has 1 rings (SSSR count). The van der Waals surface area contributed by atoms with Crippen LogP contribution in [0.3, 0.4) is 0 Å². The van der Waals surface area contributed by atoms with E-state index in [1.54, 1.807) is 0 Å². The van der Waals surface area contributed by atoms with Gasteiger partial charge < -0.3 is 4.90 Å². The molecule has 0 unspecified atom stereocenters. The second kappa shape index (κ2) is 5.37. The van der Waals surface area contributed by atoms with Gasteiger partial charge in [0.25, 0.3) is 5.91 Å². The molecule has 0 aromatic heterocycles. The number of nitrogens with two attached hydrogens (primary N) is 1. The summed E-state index contributed by atoms with van der Waals surface area (Å²) >= 11 is 0. The van der Waals surface area contributed by atoms with Gasteiger partial charge in [-0.25, -0.2) is 17.9 Å². The summed E-state index contributed by atoms with van der Waals surface area (Å²) in [6, 6.07) is 2.12. The lowest BCUT2D eigenvalue weighted by atomic mass is 10.2. The third-order valence-electron chi connectivity index (χ3n) is 2.25. The molecule has 0 radical (unpaired) electrons. The van der Waals surface area contributed by atoms with E-state index in [1.165, 1.54) is 0 Å². The number of hydrogen-bond donors (Lipinski definition) is 1. The van der Waals surface area contributed by atoms with E-state index < -0.39 is 44.9 Å². The average molecular weight is 314 g/mol. The number of hydrogen-bond acceptors (Lipinski definition) is 3. The first kappa shape index (κ1) is 16.4. The fourth-order valence-electron chi connectivity index (χ4n) is 1.42. The second-order valence-electron chi connectivity index (χ2n) is 3.97. The first-order chi connectivity index (χ1) is 8.92. The predicted octanol–water partition coefficient (Wildman–Crippen LogP) is 1.11. The van der Waals surface area contributed by atoms with Crippen LogP contribution in [0.1, 0.15) is 10.4 Å². The minimum absolute atomic E-state index is 0.333. The molecule has 0 saturated heterocycles. The van der Waals surface area contributed by atoms with Crippen LogP contribution in [0.25, 0.3) is 0 Å². The van der Waals surface area contributed by atoms with E-state index >= 15 is 0 Å². The van der Waals surface area contributed by atoms with E-state index in [4.69, 9.17) is 5.14 Å². The van der Waals surface area contributed by atoms with Crippen molar-refractivity contribution in [2.24, 2.45) is 5.14 Å². The van der Waals surface area contributed by atoms with Crippen LogP contribution in [0.4, 0.5) is 17.6 Å². The first-order valence-electron chi connectivity index (χ1n) is 5.06. The number of amides is 1. The lowest BCUT2D eigenvalue weighted by Crippen LogP contribution is -2.36. The SMILES string of the molecule is CN(CC(F)(F)F)C(=O)c1ccc(F)c(S(N)(=O)=O)c1. The summed E-state index contributed by atoms with van der Waals surface area (Å²) in [5.41, 5.74) is -0.415. The van der Waals surface area contributed by atoms with Crippen LogP contribution in [-0.4, -0.2) is 39.0 Å². The Hall–Kier alpha value is -1.68. The lowest BCUT2D eigenvalue weighted by molar-refractivity contribution is -0.138. The lowest BCUT2D eigenvalue weighted by Gasteiger charge is -2.19. The summed E-state index contributed by atoms with van der Waals surface area (Å²) in [6.45, 7) is -1.52. The molecule has 0 atom stereocenters. The zero-order valence-corrected chi connectivity index (χ0v) is 10.9. The second-order valence-corrected chi connectivity index (χ2v) is 5.50. The number of halogens is 4. The van der Waals surface area contributed by atoms with E-state index in [0.29, 0.717) is 17.0 Å². The highest BCUT2D eigenvalue weighted by atomic mass is 32.2. The highest BCUT2D eigenvalue weighted by Gasteiger charge is 2.31. The molecule has 0 saturated carbocycles. The Morgan fingerprint density at radius 2 is 1.90 bits per heavy atom. The van der Waals surface area contributed by atoms with Gasteiger partial charge in [0.2, 0.25) is 10.0 Å². The van der Waals surface area contributed by atoms with Gasteiger partial charge >= 0.3 is 6.18 Å². The summed E-state index contributed by atoms with van der Waals surface area (Å²) < 4.78 is 71.8. The monoisotopic (exact) mass is 314 g/mol. The fourth-order valence-corrected chi connectivity index (χ4v) is 2.05. The molecule has 5 nitrogen and oxygen atoms in total. The van der Waals surface area contributed by atoms with Crippen LogP contribution in [0.5, 0.6) is 0 Å². The molecule has 10 heteroatoms. The number of carbonyl (C=O) groups excluding carboxylic acids is 1. The van der Waals surface area contributed by atoms with Crippen LogP contribution in [0, 0.1) is 5.82 Å². The number of nitrogens with zero attached hydrogens (tertiary/aromatic N) is 1. The molecule has 1 aromatic rings.